The lowest BCUT2D eigenvalue weighted by Crippen LogP contribution is -2.10. The predicted octanol–water partition coefficient (Wildman–Crippen LogP) is 1.62. The number of aromatic nitrogens is 5. The molecular weight excluding hydrogens is 268 g/mol. The van der Waals surface area contributed by atoms with E-state index in [0.717, 1.165) is 19.5 Å². The number of hydrogen-bond donors (Lipinski definition) is 1. The summed E-state index contributed by atoms with van der Waals surface area (Å²) < 4.78 is 7.20. The minimum atomic E-state index is 0.121. The van der Waals surface area contributed by atoms with Crippen LogP contribution in [0, 0.1) is 0 Å². The average Bonchev–Trinajstić information content (AvgIpc) is 2.87. The van der Waals surface area contributed by atoms with Crippen LogP contribution in [0.15, 0.2) is 18.7 Å². The van der Waals surface area contributed by atoms with Crippen LogP contribution in [0.1, 0.15) is 13.3 Å². The number of aryl methyl sites for hydroxylation is 1. The Kier molecular flexibility index (Phi) is 4.91. The fourth-order valence-electron chi connectivity index (χ4n) is 1.49. The van der Waals surface area contributed by atoms with Gasteiger partial charge in [-0.3, -0.25) is 0 Å². The molecule has 0 saturated heterocycles. The van der Waals surface area contributed by atoms with E-state index in [-0.39, 0.29) is 11.3 Å². The van der Waals surface area contributed by atoms with Crippen LogP contribution in [0.25, 0.3) is 0 Å². The van der Waals surface area contributed by atoms with Gasteiger partial charge in [0.25, 0.3) is 0 Å². The highest BCUT2D eigenvalue weighted by molar-refractivity contribution is 6.28. The van der Waals surface area contributed by atoms with Crippen LogP contribution in [0.4, 0.5) is 5.95 Å². The molecule has 0 spiro atoms. The Labute approximate surface area is 116 Å². The highest BCUT2D eigenvalue weighted by atomic mass is 35.5. The van der Waals surface area contributed by atoms with Crippen molar-refractivity contribution in [2.75, 3.05) is 18.5 Å². The minimum absolute atomic E-state index is 0.121. The van der Waals surface area contributed by atoms with E-state index in [4.69, 9.17) is 16.3 Å². The summed E-state index contributed by atoms with van der Waals surface area (Å²) in [5.41, 5.74) is 0. The van der Waals surface area contributed by atoms with Crippen LogP contribution in [0.2, 0.25) is 5.28 Å². The molecule has 7 nitrogen and oxygen atoms in total. The molecule has 0 aromatic carbocycles. The van der Waals surface area contributed by atoms with Crippen molar-refractivity contribution in [2.45, 2.75) is 19.9 Å². The summed E-state index contributed by atoms with van der Waals surface area (Å²) in [4.78, 5) is 15.9. The molecule has 2 aromatic rings. The molecule has 2 aromatic heterocycles. The lowest BCUT2D eigenvalue weighted by Gasteiger charge is -2.07. The van der Waals surface area contributed by atoms with Crippen molar-refractivity contribution in [3.05, 3.63) is 24.0 Å². The monoisotopic (exact) mass is 282 g/mol. The van der Waals surface area contributed by atoms with Crippen molar-refractivity contribution in [1.82, 2.24) is 24.5 Å². The topological polar surface area (TPSA) is 77.8 Å². The summed E-state index contributed by atoms with van der Waals surface area (Å²) in [6, 6.07) is 0.236. The Morgan fingerprint density at radius 2 is 2.26 bits per heavy atom. The van der Waals surface area contributed by atoms with Gasteiger partial charge < -0.3 is 14.6 Å². The highest BCUT2D eigenvalue weighted by Gasteiger charge is 2.04. The molecule has 2 rings (SSSR count). The molecule has 0 amide bonds. The zero-order chi connectivity index (χ0) is 13.5. The van der Waals surface area contributed by atoms with Gasteiger partial charge in [0.1, 0.15) is 0 Å². The first-order valence-electron chi connectivity index (χ1n) is 6.02. The van der Waals surface area contributed by atoms with Crippen molar-refractivity contribution in [2.24, 2.45) is 0 Å². The molecule has 19 heavy (non-hydrogen) atoms. The van der Waals surface area contributed by atoms with E-state index < -0.39 is 0 Å². The average molecular weight is 283 g/mol. The summed E-state index contributed by atoms with van der Waals surface area (Å²) in [6.07, 6.45) is 6.39. The maximum absolute atomic E-state index is 5.79. The lowest BCUT2D eigenvalue weighted by atomic mass is 10.4. The van der Waals surface area contributed by atoms with Crippen molar-refractivity contribution < 1.29 is 4.74 Å². The number of rotatable bonds is 7. The Hall–Kier alpha value is -1.89. The van der Waals surface area contributed by atoms with Crippen LogP contribution in [-0.4, -0.2) is 37.7 Å². The third-order valence-electron chi connectivity index (χ3n) is 2.30. The van der Waals surface area contributed by atoms with E-state index in [9.17, 15) is 0 Å². The number of nitrogens with one attached hydrogen (secondary N) is 1. The van der Waals surface area contributed by atoms with Crippen LogP contribution in [-0.2, 0) is 6.54 Å². The molecule has 0 aliphatic heterocycles. The fourth-order valence-corrected chi connectivity index (χ4v) is 1.64. The fraction of sp³-hybridized carbons (Fsp3) is 0.455. The number of anilines is 1. The van der Waals surface area contributed by atoms with Crippen LogP contribution >= 0.6 is 11.6 Å². The van der Waals surface area contributed by atoms with Gasteiger partial charge >= 0.3 is 6.01 Å². The van der Waals surface area contributed by atoms with Crippen molar-refractivity contribution in [3.8, 4) is 6.01 Å². The van der Waals surface area contributed by atoms with Crippen molar-refractivity contribution in [1.29, 1.82) is 0 Å². The Morgan fingerprint density at radius 1 is 1.37 bits per heavy atom. The molecule has 8 heteroatoms. The zero-order valence-corrected chi connectivity index (χ0v) is 11.3. The second kappa shape index (κ2) is 6.89. The van der Waals surface area contributed by atoms with Gasteiger partial charge in [-0.05, 0) is 24.9 Å². The molecule has 0 radical (unpaired) electrons. The molecule has 0 bridgehead atoms. The van der Waals surface area contributed by atoms with E-state index >= 15 is 0 Å². The lowest BCUT2D eigenvalue weighted by molar-refractivity contribution is 0.312. The van der Waals surface area contributed by atoms with Gasteiger partial charge in [-0.15, -0.1) is 0 Å². The number of ether oxygens (including phenoxy) is 1. The van der Waals surface area contributed by atoms with Gasteiger partial charge in [-0.25, -0.2) is 4.98 Å². The summed E-state index contributed by atoms with van der Waals surface area (Å²) in [7, 11) is 0. The largest absolute Gasteiger partial charge is 0.464 e. The molecule has 2 heterocycles. The van der Waals surface area contributed by atoms with E-state index in [1.807, 2.05) is 17.7 Å². The summed E-state index contributed by atoms with van der Waals surface area (Å²) in [5.74, 6) is 0.425. The van der Waals surface area contributed by atoms with Gasteiger partial charge in [0, 0.05) is 25.5 Å². The maximum Gasteiger partial charge on any atom is 0.322 e. The van der Waals surface area contributed by atoms with Crippen molar-refractivity contribution >= 4 is 17.5 Å². The highest BCUT2D eigenvalue weighted by Crippen LogP contribution is 2.11. The van der Waals surface area contributed by atoms with Gasteiger partial charge in [-0.1, -0.05) is 0 Å². The Bertz CT molecular complexity index is 504. The van der Waals surface area contributed by atoms with Crippen LogP contribution in [0.5, 0.6) is 6.01 Å². The first kappa shape index (κ1) is 13.5. The third-order valence-corrected chi connectivity index (χ3v) is 2.47. The SMILES string of the molecule is CCOc1nc(Cl)nc(NCCCn2ccnc2)n1. The number of halogens is 1. The summed E-state index contributed by atoms with van der Waals surface area (Å²) >= 11 is 5.79. The van der Waals surface area contributed by atoms with E-state index in [1.165, 1.54) is 0 Å². The second-order valence-electron chi connectivity index (χ2n) is 3.72. The standard InChI is InChI=1S/C11H15ClN6O/c1-2-19-11-16-9(12)15-10(17-11)14-4-3-6-18-7-5-13-8-18/h5,7-8H,2-4,6H2,1H3,(H,14,15,16,17). The quantitative estimate of drug-likeness (QED) is 0.778. The van der Waals surface area contributed by atoms with Gasteiger partial charge in [-0.2, -0.15) is 15.0 Å². The molecular formula is C11H15ClN6O. The first-order valence-corrected chi connectivity index (χ1v) is 6.39. The zero-order valence-electron chi connectivity index (χ0n) is 10.6. The van der Waals surface area contributed by atoms with Gasteiger partial charge in [0.05, 0.1) is 12.9 Å². The molecule has 0 unspecified atom stereocenters. The molecule has 0 aliphatic rings. The predicted molar refractivity (Wildman–Crippen MR) is 71.3 cm³/mol. The first-order chi connectivity index (χ1) is 9.28. The molecule has 1 N–H and O–H groups in total. The van der Waals surface area contributed by atoms with E-state index in [0.29, 0.717) is 12.6 Å². The van der Waals surface area contributed by atoms with Gasteiger partial charge in [0.2, 0.25) is 11.2 Å². The normalized spacial score (nSPS) is 10.4. The second-order valence-corrected chi connectivity index (χ2v) is 4.06. The Morgan fingerprint density at radius 3 is 3.00 bits per heavy atom. The van der Waals surface area contributed by atoms with Crippen LogP contribution in [0.3, 0.4) is 0 Å². The number of imidazole rings is 1. The molecule has 0 aliphatic carbocycles. The van der Waals surface area contributed by atoms with Gasteiger partial charge in [0.15, 0.2) is 0 Å². The third kappa shape index (κ3) is 4.36. The minimum Gasteiger partial charge on any atom is -0.464 e. The molecule has 0 fully saturated rings. The van der Waals surface area contributed by atoms with Crippen LogP contribution < -0.4 is 10.1 Å². The van der Waals surface area contributed by atoms with E-state index in [1.54, 1.807) is 12.5 Å². The van der Waals surface area contributed by atoms with Crippen molar-refractivity contribution in [3.63, 3.8) is 0 Å². The van der Waals surface area contributed by atoms with E-state index in [2.05, 4.69) is 25.3 Å². The molecule has 0 atom stereocenters. The summed E-state index contributed by atoms with van der Waals surface area (Å²) in [6.45, 7) is 3.95. The number of hydrogen-bond acceptors (Lipinski definition) is 6. The Balaban J connectivity index is 1.81. The smallest absolute Gasteiger partial charge is 0.322 e. The maximum atomic E-state index is 5.79. The molecule has 0 saturated carbocycles. The summed E-state index contributed by atoms with van der Waals surface area (Å²) in [5, 5.41) is 3.21. The number of nitrogens with zero attached hydrogens (tertiary/aromatic N) is 5. The molecule has 102 valence electrons.